The van der Waals surface area contributed by atoms with Gasteiger partial charge in [-0.2, -0.15) is 0 Å². The van der Waals surface area contributed by atoms with E-state index < -0.39 is 6.98 Å². The SMILES string of the molecule is Cc1ccccc1N1C=CN(C)C1C.Cc1ccccc1N1c2ccccc2N(C)C1C.[2H]C([2H])([2H])N1c2ccccc2N(c2ccccc2C)C1C. The number of hydrogen-bond donors (Lipinski definition) is 0. The van der Waals surface area contributed by atoms with Crippen molar-refractivity contribution in [2.75, 3.05) is 45.6 Å². The van der Waals surface area contributed by atoms with E-state index in [9.17, 15) is 0 Å². The van der Waals surface area contributed by atoms with E-state index >= 15 is 0 Å². The van der Waals surface area contributed by atoms with E-state index in [1.54, 1.807) is 0 Å². The first-order valence-corrected chi connectivity index (χ1v) is 17.5. The number of aryl methyl sites for hydroxylation is 3. The summed E-state index contributed by atoms with van der Waals surface area (Å²) >= 11 is 0. The molecule has 0 spiro atoms. The van der Waals surface area contributed by atoms with Gasteiger partial charge in [0.2, 0.25) is 0 Å². The molecule has 258 valence electrons. The van der Waals surface area contributed by atoms with Gasteiger partial charge >= 0.3 is 0 Å². The van der Waals surface area contributed by atoms with E-state index in [2.05, 4.69) is 151 Å². The largest absolute Gasteiger partial charge is 0.359 e. The van der Waals surface area contributed by atoms with Crippen molar-refractivity contribution in [2.45, 2.75) is 60.0 Å². The van der Waals surface area contributed by atoms with E-state index in [1.807, 2.05) is 62.4 Å². The number of nitrogens with zero attached hydrogens (tertiary/aromatic N) is 6. The molecule has 0 saturated carbocycles. The molecule has 6 heteroatoms. The second-order valence-electron chi connectivity index (χ2n) is 13.3. The molecule has 0 aliphatic carbocycles. The molecule has 5 aromatic rings. The topological polar surface area (TPSA) is 19.4 Å². The predicted molar refractivity (Wildman–Crippen MR) is 215 cm³/mol. The number of rotatable bonds is 3. The molecule has 3 atom stereocenters. The molecule has 6 nitrogen and oxygen atoms in total. The molecule has 5 aromatic carbocycles. The van der Waals surface area contributed by atoms with Gasteiger partial charge in [-0.3, -0.25) is 0 Å². The highest BCUT2D eigenvalue weighted by Crippen LogP contribution is 2.45. The molecule has 0 amide bonds. The minimum absolute atomic E-state index is 0.254. The Hall–Kier alpha value is -5.36. The van der Waals surface area contributed by atoms with E-state index in [1.165, 1.54) is 38.8 Å². The molecule has 3 aliphatic heterocycles. The first kappa shape index (κ1) is 30.7. The Balaban J connectivity index is 0.000000139. The molecular weight excluding hydrogens is 613 g/mol. The normalized spacial score (nSPS) is 19.9. The molecule has 50 heavy (non-hydrogen) atoms. The fourth-order valence-electron chi connectivity index (χ4n) is 7.02. The zero-order valence-corrected chi connectivity index (χ0v) is 30.6. The number of hydrogen-bond acceptors (Lipinski definition) is 6. The lowest BCUT2D eigenvalue weighted by Gasteiger charge is -2.28. The van der Waals surface area contributed by atoms with Crippen LogP contribution in [0.15, 0.2) is 134 Å². The lowest BCUT2D eigenvalue weighted by Crippen LogP contribution is -2.35. The van der Waals surface area contributed by atoms with Crippen molar-refractivity contribution in [1.82, 2.24) is 4.90 Å². The number of benzene rings is 5. The van der Waals surface area contributed by atoms with Crippen LogP contribution in [-0.2, 0) is 0 Å². The van der Waals surface area contributed by atoms with Crippen molar-refractivity contribution < 1.29 is 4.11 Å². The summed E-state index contributed by atoms with van der Waals surface area (Å²) in [6.45, 7) is 10.6. The summed E-state index contributed by atoms with van der Waals surface area (Å²) in [5, 5.41) is 0. The molecule has 0 radical (unpaired) electrons. The smallest absolute Gasteiger partial charge is 0.103 e. The maximum atomic E-state index is 7.83. The Labute approximate surface area is 304 Å². The Kier molecular flexibility index (Phi) is 8.98. The second kappa shape index (κ2) is 14.6. The van der Waals surface area contributed by atoms with Gasteiger partial charge in [0.05, 0.1) is 22.7 Å². The zero-order chi connectivity index (χ0) is 38.0. The monoisotopic (exact) mass is 667 g/mol. The van der Waals surface area contributed by atoms with Gasteiger partial charge in [0, 0.05) is 54.6 Å². The maximum Gasteiger partial charge on any atom is 0.103 e. The quantitative estimate of drug-likeness (QED) is 0.189. The molecule has 0 saturated heterocycles. The molecular formula is C44H52N6. The first-order valence-electron chi connectivity index (χ1n) is 19.0. The van der Waals surface area contributed by atoms with Crippen LogP contribution < -0.4 is 24.5 Å². The van der Waals surface area contributed by atoms with Crippen LogP contribution in [-0.4, -0.2) is 44.5 Å². The van der Waals surface area contributed by atoms with Crippen LogP contribution >= 0.6 is 0 Å². The van der Waals surface area contributed by atoms with E-state index in [0.717, 1.165) is 22.6 Å². The van der Waals surface area contributed by atoms with Crippen molar-refractivity contribution in [3.05, 3.63) is 150 Å². The van der Waals surface area contributed by atoms with E-state index in [-0.39, 0.29) is 6.17 Å². The van der Waals surface area contributed by atoms with Gasteiger partial charge in [0.1, 0.15) is 18.5 Å². The third-order valence-corrected chi connectivity index (χ3v) is 10.2. The third-order valence-electron chi connectivity index (χ3n) is 10.2. The molecule has 3 unspecified atom stereocenters. The predicted octanol–water partition coefficient (Wildman–Crippen LogP) is 10.4. The van der Waals surface area contributed by atoms with Crippen molar-refractivity contribution in [3.63, 3.8) is 0 Å². The molecule has 8 rings (SSSR count). The number of para-hydroxylation sites is 7. The lowest BCUT2D eigenvalue weighted by atomic mass is 10.1. The van der Waals surface area contributed by atoms with Gasteiger partial charge < -0.3 is 29.4 Å². The van der Waals surface area contributed by atoms with Gasteiger partial charge in [0.15, 0.2) is 0 Å². The van der Waals surface area contributed by atoms with Gasteiger partial charge in [-0.05, 0) is 101 Å². The van der Waals surface area contributed by atoms with Crippen molar-refractivity contribution >= 4 is 39.8 Å². The van der Waals surface area contributed by atoms with Crippen molar-refractivity contribution in [1.29, 1.82) is 0 Å². The van der Waals surface area contributed by atoms with Crippen LogP contribution in [0.4, 0.5) is 39.8 Å². The second-order valence-corrected chi connectivity index (χ2v) is 13.3. The zero-order valence-electron chi connectivity index (χ0n) is 33.6. The summed E-state index contributed by atoms with van der Waals surface area (Å²) in [5.41, 5.74) is 11.7. The highest BCUT2D eigenvalue weighted by atomic mass is 15.4. The van der Waals surface area contributed by atoms with Crippen LogP contribution in [0.25, 0.3) is 0 Å². The maximum absolute atomic E-state index is 7.83. The Morgan fingerprint density at radius 3 is 1.18 bits per heavy atom. The van der Waals surface area contributed by atoms with Gasteiger partial charge in [-0.1, -0.05) is 78.9 Å². The average molecular weight is 668 g/mol. The Morgan fingerprint density at radius 1 is 0.420 bits per heavy atom. The molecule has 0 bridgehead atoms. The fraction of sp³-hybridized carbons (Fsp3) is 0.273. The van der Waals surface area contributed by atoms with Gasteiger partial charge in [-0.25, -0.2) is 0 Å². The van der Waals surface area contributed by atoms with Gasteiger partial charge in [0.25, 0.3) is 0 Å². The van der Waals surface area contributed by atoms with E-state index in [4.69, 9.17) is 4.11 Å². The van der Waals surface area contributed by atoms with Crippen LogP contribution in [0.5, 0.6) is 0 Å². The van der Waals surface area contributed by atoms with Crippen LogP contribution in [0.3, 0.4) is 0 Å². The number of anilines is 7. The highest BCUT2D eigenvalue weighted by molar-refractivity contribution is 5.85. The summed E-state index contributed by atoms with van der Waals surface area (Å²) < 4.78 is 23.5. The summed E-state index contributed by atoms with van der Waals surface area (Å²) in [5.74, 6) is 0. The molecule has 3 aliphatic rings. The minimum atomic E-state index is -2.16. The molecule has 3 heterocycles. The van der Waals surface area contributed by atoms with Crippen LogP contribution in [0.1, 0.15) is 41.6 Å². The summed E-state index contributed by atoms with van der Waals surface area (Å²) in [6, 6.07) is 41.3. The summed E-state index contributed by atoms with van der Waals surface area (Å²) in [4.78, 5) is 12.8. The lowest BCUT2D eigenvalue weighted by molar-refractivity contribution is 0.383. The first-order chi connectivity index (χ1) is 25.3. The molecule has 0 fully saturated rings. The van der Waals surface area contributed by atoms with Crippen molar-refractivity contribution in [2.24, 2.45) is 0 Å². The van der Waals surface area contributed by atoms with Crippen molar-refractivity contribution in [3.8, 4) is 0 Å². The highest BCUT2D eigenvalue weighted by Gasteiger charge is 2.32. The summed E-state index contributed by atoms with van der Waals surface area (Å²) in [7, 11) is 4.25. The molecule has 0 aromatic heterocycles. The Morgan fingerprint density at radius 2 is 0.780 bits per heavy atom. The van der Waals surface area contributed by atoms with Crippen LogP contribution in [0, 0.1) is 20.8 Å². The fourth-order valence-corrected chi connectivity index (χ4v) is 7.02. The Bertz CT molecular complexity index is 2060. The minimum Gasteiger partial charge on any atom is -0.359 e. The van der Waals surface area contributed by atoms with Crippen LogP contribution in [0.2, 0.25) is 0 Å². The third kappa shape index (κ3) is 6.50. The molecule has 0 N–H and O–H groups in total. The van der Waals surface area contributed by atoms with E-state index in [0.29, 0.717) is 12.3 Å². The van der Waals surface area contributed by atoms with Gasteiger partial charge in [-0.15, -0.1) is 0 Å². The standard InChI is InChI=1S/2C16H18N2.C12H16N2/c2*1-12-8-4-5-9-14(12)18-13(2)17(3)15-10-6-7-11-16(15)18;1-10-6-4-5-7-12(10)14-9-8-13(3)11(14)2/h2*4-11,13H,1-3H3;4-9,11H,1-3H3/i3D3;;. The number of fused-ring (bicyclic) bond motifs is 2. The summed E-state index contributed by atoms with van der Waals surface area (Å²) in [6.07, 6.45) is 4.75. The average Bonchev–Trinajstić information content (AvgIpc) is 3.73.